The van der Waals surface area contributed by atoms with Gasteiger partial charge in [0.15, 0.2) is 11.0 Å². The summed E-state index contributed by atoms with van der Waals surface area (Å²) in [5.41, 5.74) is 5.61. The molecule has 0 spiro atoms. The van der Waals surface area contributed by atoms with E-state index >= 15 is 0 Å². The summed E-state index contributed by atoms with van der Waals surface area (Å²) in [5.74, 6) is 1.58. The van der Waals surface area contributed by atoms with E-state index in [0.29, 0.717) is 0 Å². The molecule has 5 heteroatoms. The number of halogens is 1. The maximum absolute atomic E-state index is 6.33. The van der Waals surface area contributed by atoms with E-state index in [1.807, 2.05) is 24.3 Å². The molecule has 0 unspecified atom stereocenters. The molecule has 1 aromatic heterocycles. The summed E-state index contributed by atoms with van der Waals surface area (Å²) in [6, 6.07) is 24.7. The van der Waals surface area contributed by atoms with Crippen molar-refractivity contribution in [1.82, 2.24) is 14.8 Å². The number of hydrogen-bond donors (Lipinski definition) is 0. The Bertz CT molecular complexity index is 1100. The van der Waals surface area contributed by atoms with Crippen molar-refractivity contribution in [2.75, 3.05) is 0 Å². The third-order valence-electron chi connectivity index (χ3n) is 4.52. The fraction of sp³-hybridized carbons (Fsp3) is 0.130. The van der Waals surface area contributed by atoms with Gasteiger partial charge in [0.05, 0.1) is 0 Å². The van der Waals surface area contributed by atoms with Gasteiger partial charge in [-0.25, -0.2) is 0 Å². The quantitative estimate of drug-likeness (QED) is 0.355. The number of aryl methyl sites for hydroxylation is 2. The van der Waals surface area contributed by atoms with Crippen molar-refractivity contribution in [3.63, 3.8) is 0 Å². The molecule has 0 radical (unpaired) electrons. The highest BCUT2D eigenvalue weighted by Crippen LogP contribution is 2.31. The van der Waals surface area contributed by atoms with Crippen LogP contribution < -0.4 is 0 Å². The molecule has 0 saturated carbocycles. The first-order valence-electron chi connectivity index (χ1n) is 9.07. The Balaban J connectivity index is 1.76. The average Bonchev–Trinajstić information content (AvgIpc) is 3.12. The Labute approximate surface area is 174 Å². The Morgan fingerprint density at radius 3 is 2.39 bits per heavy atom. The summed E-state index contributed by atoms with van der Waals surface area (Å²) >= 11 is 7.96. The van der Waals surface area contributed by atoms with Crippen molar-refractivity contribution in [2.45, 2.75) is 24.8 Å². The van der Waals surface area contributed by atoms with Gasteiger partial charge in [0, 0.05) is 22.0 Å². The third kappa shape index (κ3) is 3.98. The summed E-state index contributed by atoms with van der Waals surface area (Å²) in [4.78, 5) is 0. The highest BCUT2D eigenvalue weighted by Gasteiger charge is 2.16. The van der Waals surface area contributed by atoms with Crippen LogP contribution in [0.15, 0.2) is 78.0 Å². The van der Waals surface area contributed by atoms with Crippen molar-refractivity contribution in [2.24, 2.45) is 0 Å². The zero-order chi connectivity index (χ0) is 19.5. The second-order valence-electron chi connectivity index (χ2n) is 6.73. The molecule has 0 aliphatic carbocycles. The van der Waals surface area contributed by atoms with Crippen LogP contribution in [0.4, 0.5) is 0 Å². The van der Waals surface area contributed by atoms with Crippen molar-refractivity contribution in [1.29, 1.82) is 0 Å². The fourth-order valence-corrected chi connectivity index (χ4v) is 4.26. The molecule has 0 aliphatic rings. The van der Waals surface area contributed by atoms with Gasteiger partial charge in [0.1, 0.15) is 0 Å². The molecule has 3 aromatic carbocycles. The minimum Gasteiger partial charge on any atom is -0.270 e. The largest absolute Gasteiger partial charge is 0.270 e. The van der Waals surface area contributed by atoms with Gasteiger partial charge in [-0.15, -0.1) is 10.2 Å². The van der Waals surface area contributed by atoms with Crippen LogP contribution in [0.5, 0.6) is 0 Å². The molecule has 0 amide bonds. The van der Waals surface area contributed by atoms with Gasteiger partial charge in [-0.2, -0.15) is 0 Å². The summed E-state index contributed by atoms with van der Waals surface area (Å²) < 4.78 is 2.12. The second kappa shape index (κ2) is 8.21. The van der Waals surface area contributed by atoms with Crippen LogP contribution in [0.1, 0.15) is 16.7 Å². The van der Waals surface area contributed by atoms with E-state index in [0.717, 1.165) is 38.6 Å². The molecule has 28 heavy (non-hydrogen) atoms. The maximum atomic E-state index is 6.33. The lowest BCUT2D eigenvalue weighted by molar-refractivity contribution is 0.885. The number of hydrogen-bond acceptors (Lipinski definition) is 3. The Kier molecular flexibility index (Phi) is 5.51. The molecule has 0 aliphatic heterocycles. The molecule has 0 atom stereocenters. The lowest BCUT2D eigenvalue weighted by Gasteiger charge is -2.11. The lowest BCUT2D eigenvalue weighted by Crippen LogP contribution is -2.00. The molecule has 0 saturated heterocycles. The van der Waals surface area contributed by atoms with Crippen molar-refractivity contribution < 1.29 is 0 Å². The number of nitrogens with zero attached hydrogens (tertiary/aromatic N) is 3. The molecule has 3 nitrogen and oxygen atoms in total. The molecule has 4 rings (SSSR count). The smallest absolute Gasteiger partial charge is 0.196 e. The van der Waals surface area contributed by atoms with Gasteiger partial charge >= 0.3 is 0 Å². The Hall–Kier alpha value is -2.56. The van der Waals surface area contributed by atoms with E-state index in [4.69, 9.17) is 11.6 Å². The van der Waals surface area contributed by atoms with Crippen molar-refractivity contribution in [3.8, 4) is 17.1 Å². The average molecular weight is 406 g/mol. The highest BCUT2D eigenvalue weighted by molar-refractivity contribution is 7.98. The van der Waals surface area contributed by atoms with Gasteiger partial charge < -0.3 is 0 Å². The van der Waals surface area contributed by atoms with Gasteiger partial charge in [0.25, 0.3) is 0 Å². The normalized spacial score (nSPS) is 11.0. The van der Waals surface area contributed by atoms with Crippen LogP contribution >= 0.6 is 23.4 Å². The Morgan fingerprint density at radius 1 is 0.857 bits per heavy atom. The fourth-order valence-electron chi connectivity index (χ4n) is 3.02. The topological polar surface area (TPSA) is 30.7 Å². The van der Waals surface area contributed by atoms with Crippen LogP contribution in [-0.4, -0.2) is 14.8 Å². The predicted molar refractivity (Wildman–Crippen MR) is 117 cm³/mol. The van der Waals surface area contributed by atoms with Gasteiger partial charge in [-0.05, 0) is 43.7 Å². The predicted octanol–water partition coefficient (Wildman–Crippen LogP) is 6.50. The van der Waals surface area contributed by atoms with E-state index in [9.17, 15) is 0 Å². The SMILES string of the molecule is Cc1ccc(-n2c(SCc3ccccc3Cl)nnc2-c2cccc(C)c2)cc1. The monoisotopic (exact) mass is 405 g/mol. The standard InChI is InChI=1S/C23H20ClN3S/c1-16-10-12-20(13-11-16)27-22(18-8-5-6-17(2)14-18)25-26-23(27)28-15-19-7-3-4-9-21(19)24/h3-14H,15H2,1-2H3. The summed E-state index contributed by atoms with van der Waals surface area (Å²) in [5, 5.41) is 10.6. The van der Waals surface area contributed by atoms with E-state index in [2.05, 4.69) is 77.1 Å². The maximum Gasteiger partial charge on any atom is 0.196 e. The van der Waals surface area contributed by atoms with Crippen LogP contribution in [0.25, 0.3) is 17.1 Å². The number of benzene rings is 3. The Morgan fingerprint density at radius 2 is 1.64 bits per heavy atom. The number of rotatable bonds is 5. The molecule has 0 fully saturated rings. The molecule has 4 aromatic rings. The highest BCUT2D eigenvalue weighted by atomic mass is 35.5. The van der Waals surface area contributed by atoms with Crippen molar-refractivity contribution in [3.05, 3.63) is 94.5 Å². The van der Waals surface area contributed by atoms with Crippen LogP contribution in [0, 0.1) is 13.8 Å². The lowest BCUT2D eigenvalue weighted by atomic mass is 10.1. The zero-order valence-corrected chi connectivity index (χ0v) is 17.3. The zero-order valence-electron chi connectivity index (χ0n) is 15.8. The first kappa shape index (κ1) is 18.8. The van der Waals surface area contributed by atoms with E-state index in [-0.39, 0.29) is 0 Å². The van der Waals surface area contributed by atoms with Gasteiger partial charge in [0.2, 0.25) is 0 Å². The van der Waals surface area contributed by atoms with Crippen LogP contribution in [0.3, 0.4) is 0 Å². The van der Waals surface area contributed by atoms with Crippen LogP contribution in [-0.2, 0) is 5.75 Å². The molecule has 0 N–H and O–H groups in total. The van der Waals surface area contributed by atoms with Gasteiger partial charge in [-0.3, -0.25) is 4.57 Å². The summed E-state index contributed by atoms with van der Waals surface area (Å²) in [7, 11) is 0. The van der Waals surface area contributed by atoms with Crippen LogP contribution in [0.2, 0.25) is 5.02 Å². The third-order valence-corrected chi connectivity index (χ3v) is 5.86. The van der Waals surface area contributed by atoms with Gasteiger partial charge in [-0.1, -0.05) is 83.0 Å². The van der Waals surface area contributed by atoms with E-state index in [1.54, 1.807) is 11.8 Å². The second-order valence-corrected chi connectivity index (χ2v) is 8.08. The minimum absolute atomic E-state index is 0.734. The van der Waals surface area contributed by atoms with E-state index < -0.39 is 0 Å². The first-order chi connectivity index (χ1) is 13.6. The molecule has 140 valence electrons. The molecular weight excluding hydrogens is 386 g/mol. The first-order valence-corrected chi connectivity index (χ1v) is 10.4. The minimum atomic E-state index is 0.734. The summed E-state index contributed by atoms with van der Waals surface area (Å²) in [6.07, 6.45) is 0. The number of aromatic nitrogens is 3. The summed E-state index contributed by atoms with van der Waals surface area (Å²) in [6.45, 7) is 4.17. The molecular formula is C23H20ClN3S. The molecule has 1 heterocycles. The number of thioether (sulfide) groups is 1. The molecule has 0 bridgehead atoms. The van der Waals surface area contributed by atoms with Crippen molar-refractivity contribution >= 4 is 23.4 Å². The van der Waals surface area contributed by atoms with E-state index in [1.165, 1.54) is 11.1 Å².